The van der Waals surface area contributed by atoms with Gasteiger partial charge < -0.3 is 10.5 Å². The van der Waals surface area contributed by atoms with Gasteiger partial charge in [-0.15, -0.1) is 0 Å². The van der Waals surface area contributed by atoms with Gasteiger partial charge in [-0.3, -0.25) is 4.90 Å². The van der Waals surface area contributed by atoms with E-state index >= 15 is 0 Å². The minimum Gasteiger partial charge on any atom is -0.379 e. The smallest absolute Gasteiger partial charge is 0.0594 e. The fraction of sp³-hybridized carbons (Fsp3) is 1.00. The van der Waals surface area contributed by atoms with Gasteiger partial charge in [0.05, 0.1) is 13.2 Å². The van der Waals surface area contributed by atoms with Crippen LogP contribution in [0, 0.1) is 11.3 Å². The molecule has 1 heterocycles. The molecule has 2 aliphatic rings. The molecule has 106 valence electrons. The maximum atomic E-state index is 6.10. The highest BCUT2D eigenvalue weighted by Crippen LogP contribution is 2.41. The lowest BCUT2D eigenvalue weighted by molar-refractivity contribution is 0.0266. The molecule has 1 saturated carbocycles. The van der Waals surface area contributed by atoms with Crippen LogP contribution in [0.15, 0.2) is 0 Å². The highest BCUT2D eigenvalue weighted by molar-refractivity contribution is 4.87. The zero-order chi connectivity index (χ0) is 12.8. The van der Waals surface area contributed by atoms with Crippen molar-refractivity contribution in [1.82, 2.24) is 4.90 Å². The molecule has 1 saturated heterocycles. The second-order valence-corrected chi connectivity index (χ2v) is 6.26. The van der Waals surface area contributed by atoms with Crippen LogP contribution in [0.3, 0.4) is 0 Å². The maximum absolute atomic E-state index is 6.10. The summed E-state index contributed by atoms with van der Waals surface area (Å²) in [5, 5.41) is 0. The highest BCUT2D eigenvalue weighted by Gasteiger charge is 2.33. The van der Waals surface area contributed by atoms with Crippen molar-refractivity contribution in [2.45, 2.75) is 45.4 Å². The molecule has 0 atom stereocenters. The summed E-state index contributed by atoms with van der Waals surface area (Å²) in [5.41, 5.74) is 6.55. The van der Waals surface area contributed by atoms with Crippen LogP contribution in [0.25, 0.3) is 0 Å². The Bertz CT molecular complexity index is 231. The number of nitrogens with two attached hydrogens (primary N) is 1. The molecule has 0 amide bonds. The fourth-order valence-electron chi connectivity index (χ4n) is 3.47. The van der Waals surface area contributed by atoms with Crippen LogP contribution >= 0.6 is 0 Å². The van der Waals surface area contributed by atoms with Crippen LogP contribution in [0.4, 0.5) is 0 Å². The number of hydrogen-bond acceptors (Lipinski definition) is 3. The number of rotatable bonds is 5. The van der Waals surface area contributed by atoms with E-state index in [9.17, 15) is 0 Å². The molecule has 0 aromatic carbocycles. The van der Waals surface area contributed by atoms with Crippen molar-refractivity contribution in [3.63, 3.8) is 0 Å². The normalized spacial score (nSPS) is 34.7. The van der Waals surface area contributed by atoms with Crippen molar-refractivity contribution in [2.24, 2.45) is 17.1 Å². The van der Waals surface area contributed by atoms with Gasteiger partial charge in [0.15, 0.2) is 0 Å². The van der Waals surface area contributed by atoms with Crippen LogP contribution in [0.5, 0.6) is 0 Å². The summed E-state index contributed by atoms with van der Waals surface area (Å²) in [5.74, 6) is 0.966. The quantitative estimate of drug-likeness (QED) is 0.818. The van der Waals surface area contributed by atoms with Crippen LogP contribution < -0.4 is 5.73 Å². The van der Waals surface area contributed by atoms with Gasteiger partial charge in [0.2, 0.25) is 0 Å². The van der Waals surface area contributed by atoms with Crippen molar-refractivity contribution in [2.75, 3.05) is 39.4 Å². The van der Waals surface area contributed by atoms with E-state index in [0.29, 0.717) is 5.41 Å². The number of ether oxygens (including phenoxy) is 1. The SMILES string of the molecule is CCC1CCC(CN)(CCN2CCOCC2)CC1. The Morgan fingerprint density at radius 2 is 1.89 bits per heavy atom. The van der Waals surface area contributed by atoms with E-state index in [1.165, 1.54) is 45.1 Å². The molecule has 0 aromatic heterocycles. The largest absolute Gasteiger partial charge is 0.379 e. The van der Waals surface area contributed by atoms with Crippen molar-refractivity contribution >= 4 is 0 Å². The molecule has 1 aliphatic carbocycles. The molecule has 3 heteroatoms. The average Bonchev–Trinajstić information content (AvgIpc) is 2.47. The number of hydrogen-bond donors (Lipinski definition) is 1. The molecule has 0 unspecified atom stereocenters. The Morgan fingerprint density at radius 1 is 1.22 bits per heavy atom. The molecular formula is C15H30N2O. The van der Waals surface area contributed by atoms with Gasteiger partial charge in [-0.1, -0.05) is 13.3 Å². The summed E-state index contributed by atoms with van der Waals surface area (Å²) < 4.78 is 5.41. The van der Waals surface area contributed by atoms with Crippen LogP contribution in [-0.2, 0) is 4.74 Å². The first-order valence-corrected chi connectivity index (χ1v) is 7.78. The van der Waals surface area contributed by atoms with E-state index < -0.39 is 0 Å². The second kappa shape index (κ2) is 6.88. The van der Waals surface area contributed by atoms with Crippen molar-refractivity contribution in [3.8, 4) is 0 Å². The van der Waals surface area contributed by atoms with Crippen molar-refractivity contribution in [1.29, 1.82) is 0 Å². The number of nitrogens with zero attached hydrogens (tertiary/aromatic N) is 1. The first-order valence-electron chi connectivity index (χ1n) is 7.78. The molecule has 3 nitrogen and oxygen atoms in total. The van der Waals surface area contributed by atoms with Crippen LogP contribution in [0.1, 0.15) is 45.4 Å². The Balaban J connectivity index is 1.77. The molecule has 0 radical (unpaired) electrons. The Kier molecular flexibility index (Phi) is 5.46. The average molecular weight is 254 g/mol. The minimum absolute atomic E-state index is 0.448. The molecule has 0 bridgehead atoms. The third kappa shape index (κ3) is 3.69. The lowest BCUT2D eigenvalue weighted by Gasteiger charge is -2.41. The first kappa shape index (κ1) is 14.3. The Hall–Kier alpha value is -0.120. The lowest BCUT2D eigenvalue weighted by atomic mass is 9.68. The summed E-state index contributed by atoms with van der Waals surface area (Å²) in [6, 6.07) is 0. The predicted octanol–water partition coefficient (Wildman–Crippen LogP) is 2.25. The molecule has 2 N–H and O–H groups in total. The zero-order valence-corrected chi connectivity index (χ0v) is 12.0. The van der Waals surface area contributed by atoms with Gasteiger partial charge in [0.1, 0.15) is 0 Å². The molecule has 0 spiro atoms. The van der Waals surface area contributed by atoms with Gasteiger partial charge in [0.25, 0.3) is 0 Å². The summed E-state index contributed by atoms with van der Waals surface area (Å²) in [6.07, 6.45) is 8.15. The molecular weight excluding hydrogens is 224 g/mol. The van der Waals surface area contributed by atoms with E-state index in [1.54, 1.807) is 0 Å². The maximum Gasteiger partial charge on any atom is 0.0594 e. The van der Waals surface area contributed by atoms with E-state index in [2.05, 4.69) is 11.8 Å². The van der Waals surface area contributed by atoms with Gasteiger partial charge in [-0.2, -0.15) is 0 Å². The second-order valence-electron chi connectivity index (χ2n) is 6.26. The van der Waals surface area contributed by atoms with Gasteiger partial charge in [0, 0.05) is 13.1 Å². The molecule has 18 heavy (non-hydrogen) atoms. The van der Waals surface area contributed by atoms with Crippen LogP contribution in [-0.4, -0.2) is 44.3 Å². The van der Waals surface area contributed by atoms with Crippen LogP contribution in [0.2, 0.25) is 0 Å². The van der Waals surface area contributed by atoms with E-state index in [-0.39, 0.29) is 0 Å². The van der Waals surface area contributed by atoms with Gasteiger partial charge in [-0.05, 0) is 56.5 Å². The van der Waals surface area contributed by atoms with Gasteiger partial charge >= 0.3 is 0 Å². The standard InChI is InChI=1S/C15H30N2O/c1-2-14-3-5-15(13-16,6-4-14)7-8-17-9-11-18-12-10-17/h14H,2-13,16H2,1H3. The highest BCUT2D eigenvalue weighted by atomic mass is 16.5. The van der Waals surface area contributed by atoms with E-state index in [4.69, 9.17) is 10.5 Å². The van der Waals surface area contributed by atoms with Gasteiger partial charge in [-0.25, -0.2) is 0 Å². The fourth-order valence-corrected chi connectivity index (χ4v) is 3.47. The minimum atomic E-state index is 0.448. The Labute approximate surface area is 112 Å². The molecule has 1 aliphatic heterocycles. The summed E-state index contributed by atoms with van der Waals surface area (Å²) >= 11 is 0. The molecule has 0 aromatic rings. The van der Waals surface area contributed by atoms with E-state index in [0.717, 1.165) is 38.8 Å². The number of morpholine rings is 1. The van der Waals surface area contributed by atoms with Crippen molar-refractivity contribution < 1.29 is 4.74 Å². The predicted molar refractivity (Wildman–Crippen MR) is 75.6 cm³/mol. The lowest BCUT2D eigenvalue weighted by Crippen LogP contribution is -2.42. The Morgan fingerprint density at radius 3 is 2.44 bits per heavy atom. The molecule has 2 fully saturated rings. The zero-order valence-electron chi connectivity index (χ0n) is 12.0. The third-order valence-electron chi connectivity index (χ3n) is 5.24. The summed E-state index contributed by atoms with van der Waals surface area (Å²) in [6.45, 7) is 8.47. The van der Waals surface area contributed by atoms with Crippen molar-refractivity contribution in [3.05, 3.63) is 0 Å². The summed E-state index contributed by atoms with van der Waals surface area (Å²) in [7, 11) is 0. The first-order chi connectivity index (χ1) is 8.78. The third-order valence-corrected chi connectivity index (χ3v) is 5.24. The molecule has 2 rings (SSSR count). The topological polar surface area (TPSA) is 38.5 Å². The monoisotopic (exact) mass is 254 g/mol. The summed E-state index contributed by atoms with van der Waals surface area (Å²) in [4.78, 5) is 2.55. The van der Waals surface area contributed by atoms with E-state index in [1.807, 2.05) is 0 Å².